The highest BCUT2D eigenvalue weighted by atomic mass is 16.3. The van der Waals surface area contributed by atoms with Gasteiger partial charge in [-0.25, -0.2) is 0 Å². The van der Waals surface area contributed by atoms with Crippen molar-refractivity contribution in [3.8, 4) is 0 Å². The highest BCUT2D eigenvalue weighted by Gasteiger charge is 2.08. The quantitative estimate of drug-likeness (QED) is 0.527. The van der Waals surface area contributed by atoms with Gasteiger partial charge in [-0.05, 0) is 30.9 Å². The lowest BCUT2D eigenvalue weighted by Gasteiger charge is -2.15. The number of hydrazine groups is 1. The molecular formula is C13H24N2O. The van der Waals surface area contributed by atoms with Gasteiger partial charge in [-0.3, -0.25) is 11.3 Å². The molecule has 1 aromatic heterocycles. The van der Waals surface area contributed by atoms with E-state index in [1.807, 2.05) is 12.1 Å². The Bertz CT molecular complexity index is 257. The molecule has 0 aliphatic carbocycles. The van der Waals surface area contributed by atoms with E-state index in [1.165, 1.54) is 12.8 Å². The third-order valence-electron chi connectivity index (χ3n) is 2.89. The van der Waals surface area contributed by atoms with Gasteiger partial charge in [-0.15, -0.1) is 0 Å². The SMILES string of the molecule is CC(C)CCCC(CCc1ccco1)NN. The molecule has 1 heterocycles. The minimum absolute atomic E-state index is 0.406. The standard InChI is InChI=1S/C13H24N2O/c1-11(2)5-3-6-12(15-14)8-9-13-7-4-10-16-13/h4,7,10-12,15H,3,5-6,8-9,14H2,1-2H3. The van der Waals surface area contributed by atoms with Gasteiger partial charge in [-0.2, -0.15) is 0 Å². The number of rotatable bonds is 8. The lowest BCUT2D eigenvalue weighted by atomic mass is 10.0. The molecule has 0 bridgehead atoms. The maximum absolute atomic E-state index is 5.55. The minimum Gasteiger partial charge on any atom is -0.469 e. The Morgan fingerprint density at radius 2 is 2.12 bits per heavy atom. The molecule has 0 saturated heterocycles. The highest BCUT2D eigenvalue weighted by molar-refractivity contribution is 4.98. The van der Waals surface area contributed by atoms with Crippen LogP contribution in [-0.4, -0.2) is 6.04 Å². The monoisotopic (exact) mass is 224 g/mol. The summed E-state index contributed by atoms with van der Waals surface area (Å²) >= 11 is 0. The first-order valence-electron chi connectivity index (χ1n) is 6.21. The first kappa shape index (κ1) is 13.3. The molecule has 0 radical (unpaired) electrons. The predicted molar refractivity (Wildman–Crippen MR) is 66.8 cm³/mol. The van der Waals surface area contributed by atoms with Crippen molar-refractivity contribution < 1.29 is 4.42 Å². The summed E-state index contributed by atoms with van der Waals surface area (Å²) in [6, 6.07) is 4.35. The zero-order valence-electron chi connectivity index (χ0n) is 10.4. The number of aryl methyl sites for hydroxylation is 1. The van der Waals surface area contributed by atoms with E-state index >= 15 is 0 Å². The molecule has 1 unspecified atom stereocenters. The van der Waals surface area contributed by atoms with Crippen LogP contribution in [0.3, 0.4) is 0 Å². The van der Waals surface area contributed by atoms with Gasteiger partial charge in [0.25, 0.3) is 0 Å². The fourth-order valence-electron chi connectivity index (χ4n) is 1.85. The molecule has 1 atom stereocenters. The van der Waals surface area contributed by atoms with Crippen LogP contribution in [0, 0.1) is 5.92 Å². The zero-order chi connectivity index (χ0) is 11.8. The molecular weight excluding hydrogens is 200 g/mol. The van der Waals surface area contributed by atoms with Gasteiger partial charge in [0.1, 0.15) is 5.76 Å². The molecule has 1 rings (SSSR count). The third kappa shape index (κ3) is 5.33. The summed E-state index contributed by atoms with van der Waals surface area (Å²) < 4.78 is 5.30. The van der Waals surface area contributed by atoms with Crippen molar-refractivity contribution in [3.63, 3.8) is 0 Å². The second-order valence-corrected chi connectivity index (χ2v) is 4.81. The Morgan fingerprint density at radius 1 is 1.31 bits per heavy atom. The number of nitrogens with one attached hydrogen (secondary N) is 1. The van der Waals surface area contributed by atoms with E-state index in [2.05, 4.69) is 19.3 Å². The topological polar surface area (TPSA) is 51.2 Å². The smallest absolute Gasteiger partial charge is 0.103 e. The van der Waals surface area contributed by atoms with Crippen LogP contribution in [0.2, 0.25) is 0 Å². The van der Waals surface area contributed by atoms with Crippen molar-refractivity contribution >= 4 is 0 Å². The first-order chi connectivity index (χ1) is 7.72. The van der Waals surface area contributed by atoms with Crippen LogP contribution >= 0.6 is 0 Å². The Kier molecular flexibility index (Phi) is 6.19. The predicted octanol–water partition coefficient (Wildman–Crippen LogP) is 2.87. The second-order valence-electron chi connectivity index (χ2n) is 4.81. The summed E-state index contributed by atoms with van der Waals surface area (Å²) in [4.78, 5) is 0. The summed E-state index contributed by atoms with van der Waals surface area (Å²) in [6.45, 7) is 4.52. The lowest BCUT2D eigenvalue weighted by molar-refractivity contribution is 0.407. The summed E-state index contributed by atoms with van der Waals surface area (Å²) in [7, 11) is 0. The van der Waals surface area contributed by atoms with Crippen LogP contribution in [0.15, 0.2) is 22.8 Å². The normalized spacial score (nSPS) is 13.2. The number of hydrogen-bond donors (Lipinski definition) is 2. The molecule has 3 N–H and O–H groups in total. The van der Waals surface area contributed by atoms with Crippen LogP contribution in [0.25, 0.3) is 0 Å². The number of furan rings is 1. The summed E-state index contributed by atoms with van der Waals surface area (Å²) in [6.07, 6.45) is 7.39. The van der Waals surface area contributed by atoms with E-state index in [0.717, 1.165) is 30.9 Å². The van der Waals surface area contributed by atoms with E-state index in [9.17, 15) is 0 Å². The maximum atomic E-state index is 5.55. The van der Waals surface area contributed by atoms with Crippen molar-refractivity contribution in [2.75, 3.05) is 0 Å². The Labute approximate surface area is 98.4 Å². The summed E-state index contributed by atoms with van der Waals surface area (Å²) in [5.41, 5.74) is 2.90. The van der Waals surface area contributed by atoms with Crippen LogP contribution < -0.4 is 11.3 Å². The van der Waals surface area contributed by atoms with E-state index < -0.39 is 0 Å². The van der Waals surface area contributed by atoms with Gasteiger partial charge in [0.15, 0.2) is 0 Å². The van der Waals surface area contributed by atoms with Crippen molar-refractivity contribution in [2.45, 2.75) is 52.0 Å². The number of nitrogens with two attached hydrogens (primary N) is 1. The van der Waals surface area contributed by atoms with E-state index in [4.69, 9.17) is 10.3 Å². The first-order valence-corrected chi connectivity index (χ1v) is 6.21. The third-order valence-corrected chi connectivity index (χ3v) is 2.89. The summed E-state index contributed by atoms with van der Waals surface area (Å²) in [5, 5.41) is 0. The highest BCUT2D eigenvalue weighted by Crippen LogP contribution is 2.12. The van der Waals surface area contributed by atoms with Gasteiger partial charge in [-0.1, -0.05) is 26.7 Å². The molecule has 1 aromatic rings. The van der Waals surface area contributed by atoms with Crippen LogP contribution in [0.5, 0.6) is 0 Å². The summed E-state index contributed by atoms with van der Waals surface area (Å²) in [5.74, 6) is 7.37. The van der Waals surface area contributed by atoms with E-state index in [1.54, 1.807) is 6.26 Å². The van der Waals surface area contributed by atoms with E-state index in [-0.39, 0.29) is 0 Å². The number of hydrogen-bond acceptors (Lipinski definition) is 3. The average Bonchev–Trinajstić information content (AvgIpc) is 2.75. The molecule has 0 aliphatic rings. The Balaban J connectivity index is 2.16. The van der Waals surface area contributed by atoms with Gasteiger partial charge >= 0.3 is 0 Å². The molecule has 0 saturated carbocycles. The fraction of sp³-hybridized carbons (Fsp3) is 0.692. The fourth-order valence-corrected chi connectivity index (χ4v) is 1.85. The minimum atomic E-state index is 0.406. The molecule has 0 fully saturated rings. The molecule has 16 heavy (non-hydrogen) atoms. The molecule has 92 valence electrons. The molecule has 0 amide bonds. The second kappa shape index (κ2) is 7.47. The van der Waals surface area contributed by atoms with Crippen LogP contribution in [0.1, 0.15) is 45.3 Å². The van der Waals surface area contributed by atoms with Gasteiger partial charge in [0.05, 0.1) is 6.26 Å². The van der Waals surface area contributed by atoms with Crippen LogP contribution in [-0.2, 0) is 6.42 Å². The van der Waals surface area contributed by atoms with Crippen molar-refractivity contribution in [2.24, 2.45) is 11.8 Å². The largest absolute Gasteiger partial charge is 0.469 e. The van der Waals surface area contributed by atoms with Crippen molar-refractivity contribution in [3.05, 3.63) is 24.2 Å². The zero-order valence-corrected chi connectivity index (χ0v) is 10.4. The lowest BCUT2D eigenvalue weighted by Crippen LogP contribution is -2.35. The van der Waals surface area contributed by atoms with Crippen molar-refractivity contribution in [1.82, 2.24) is 5.43 Å². The van der Waals surface area contributed by atoms with Crippen molar-refractivity contribution in [1.29, 1.82) is 0 Å². The molecule has 0 aliphatic heterocycles. The van der Waals surface area contributed by atoms with Gasteiger partial charge in [0.2, 0.25) is 0 Å². The molecule has 3 heteroatoms. The average molecular weight is 224 g/mol. The molecule has 3 nitrogen and oxygen atoms in total. The molecule has 0 spiro atoms. The van der Waals surface area contributed by atoms with Gasteiger partial charge < -0.3 is 4.42 Å². The maximum Gasteiger partial charge on any atom is 0.103 e. The Hall–Kier alpha value is -0.800. The van der Waals surface area contributed by atoms with Crippen LogP contribution in [0.4, 0.5) is 0 Å². The molecule has 0 aromatic carbocycles. The Morgan fingerprint density at radius 3 is 2.69 bits per heavy atom. The van der Waals surface area contributed by atoms with E-state index in [0.29, 0.717) is 6.04 Å². The van der Waals surface area contributed by atoms with Gasteiger partial charge in [0, 0.05) is 12.5 Å².